The zero-order chi connectivity index (χ0) is 12.3. The summed E-state index contributed by atoms with van der Waals surface area (Å²) in [5.41, 5.74) is 7.32. The van der Waals surface area contributed by atoms with E-state index in [-0.39, 0.29) is 6.04 Å². The number of anilines is 1. The summed E-state index contributed by atoms with van der Waals surface area (Å²) in [6, 6.07) is 2.40. The van der Waals surface area contributed by atoms with Crippen LogP contribution in [0.5, 0.6) is 0 Å². The monoisotopic (exact) mass is 220 g/mol. The molecule has 4 nitrogen and oxygen atoms in total. The first kappa shape index (κ1) is 12.6. The highest BCUT2D eigenvalue weighted by atomic mass is 15.3. The lowest BCUT2D eigenvalue weighted by molar-refractivity contribution is 0.476. The predicted octanol–water partition coefficient (Wildman–Crippen LogP) is 2.51. The number of nitrogens with zero attached hydrogens (tertiary/aromatic N) is 3. The third kappa shape index (κ3) is 2.35. The normalized spacial score (nSPS) is 12.8. The van der Waals surface area contributed by atoms with Crippen molar-refractivity contribution < 1.29 is 0 Å². The molecule has 0 bridgehead atoms. The van der Waals surface area contributed by atoms with E-state index >= 15 is 0 Å². The van der Waals surface area contributed by atoms with E-state index in [2.05, 4.69) is 38.9 Å². The molecule has 1 heterocycles. The van der Waals surface area contributed by atoms with Crippen molar-refractivity contribution in [3.8, 4) is 6.07 Å². The van der Waals surface area contributed by atoms with Crippen LogP contribution in [0, 0.1) is 17.2 Å². The Labute approximate surface area is 97.1 Å². The zero-order valence-electron chi connectivity index (χ0n) is 10.5. The van der Waals surface area contributed by atoms with Crippen molar-refractivity contribution in [2.45, 2.75) is 46.6 Å². The van der Waals surface area contributed by atoms with Gasteiger partial charge in [0.05, 0.1) is 11.7 Å². The second-order valence-electron chi connectivity index (χ2n) is 4.62. The van der Waals surface area contributed by atoms with Gasteiger partial charge in [-0.15, -0.1) is 0 Å². The second-order valence-corrected chi connectivity index (χ2v) is 4.62. The molecule has 0 aromatic carbocycles. The van der Waals surface area contributed by atoms with E-state index in [1.807, 2.05) is 0 Å². The fraction of sp³-hybridized carbons (Fsp3) is 0.667. The molecule has 0 spiro atoms. The van der Waals surface area contributed by atoms with Crippen LogP contribution in [0.25, 0.3) is 0 Å². The van der Waals surface area contributed by atoms with Crippen LogP contribution in [0.2, 0.25) is 0 Å². The van der Waals surface area contributed by atoms with Gasteiger partial charge < -0.3 is 5.73 Å². The minimum absolute atomic E-state index is 0.244. The molecule has 0 saturated carbocycles. The average Bonchev–Trinajstić information content (AvgIpc) is 2.53. The van der Waals surface area contributed by atoms with Gasteiger partial charge in [0.15, 0.2) is 0 Å². The van der Waals surface area contributed by atoms with Crippen LogP contribution in [0.3, 0.4) is 0 Å². The van der Waals surface area contributed by atoms with E-state index in [9.17, 15) is 0 Å². The van der Waals surface area contributed by atoms with Gasteiger partial charge in [0, 0.05) is 0 Å². The fourth-order valence-electron chi connectivity index (χ4n) is 1.66. The van der Waals surface area contributed by atoms with Crippen molar-refractivity contribution in [3.63, 3.8) is 0 Å². The van der Waals surface area contributed by atoms with Crippen LogP contribution in [-0.4, -0.2) is 9.78 Å². The molecule has 88 valence electrons. The smallest absolute Gasteiger partial charge is 0.140 e. The molecule has 1 aromatic rings. The van der Waals surface area contributed by atoms with Crippen molar-refractivity contribution in [1.82, 2.24) is 9.78 Å². The van der Waals surface area contributed by atoms with E-state index in [1.54, 1.807) is 4.68 Å². The number of nitriles is 1. The van der Waals surface area contributed by atoms with Crippen molar-refractivity contribution in [1.29, 1.82) is 5.26 Å². The van der Waals surface area contributed by atoms with E-state index in [0.717, 1.165) is 18.5 Å². The molecule has 0 saturated heterocycles. The van der Waals surface area contributed by atoms with Gasteiger partial charge in [-0.25, -0.2) is 4.68 Å². The van der Waals surface area contributed by atoms with Crippen molar-refractivity contribution in [3.05, 3.63) is 11.3 Å². The van der Waals surface area contributed by atoms with Crippen LogP contribution < -0.4 is 5.73 Å². The molecule has 0 unspecified atom stereocenters. The van der Waals surface area contributed by atoms with Crippen LogP contribution in [0.1, 0.15) is 51.4 Å². The molecule has 2 N–H and O–H groups in total. The molecular weight excluding hydrogens is 200 g/mol. The Morgan fingerprint density at radius 1 is 1.44 bits per heavy atom. The molecule has 1 rings (SSSR count). The molecule has 0 aliphatic rings. The van der Waals surface area contributed by atoms with Gasteiger partial charge in [0.2, 0.25) is 0 Å². The lowest BCUT2D eigenvalue weighted by Crippen LogP contribution is -2.09. The summed E-state index contributed by atoms with van der Waals surface area (Å²) in [4.78, 5) is 0. The van der Waals surface area contributed by atoms with Crippen molar-refractivity contribution >= 4 is 5.82 Å². The summed E-state index contributed by atoms with van der Waals surface area (Å²) in [5.74, 6) is 0.985. The quantitative estimate of drug-likeness (QED) is 0.847. The summed E-state index contributed by atoms with van der Waals surface area (Å²) in [6.07, 6.45) is 1.76. The first-order valence-corrected chi connectivity index (χ1v) is 5.78. The average molecular weight is 220 g/mol. The van der Waals surface area contributed by atoms with Gasteiger partial charge in [-0.05, 0) is 25.7 Å². The lowest BCUT2D eigenvalue weighted by Gasteiger charge is -2.10. The highest BCUT2D eigenvalue weighted by Gasteiger charge is 2.18. The Morgan fingerprint density at radius 2 is 2.06 bits per heavy atom. The van der Waals surface area contributed by atoms with Crippen LogP contribution >= 0.6 is 0 Å². The van der Waals surface area contributed by atoms with Gasteiger partial charge in [0.1, 0.15) is 17.5 Å². The summed E-state index contributed by atoms with van der Waals surface area (Å²) in [7, 11) is 0. The topological polar surface area (TPSA) is 67.6 Å². The minimum Gasteiger partial charge on any atom is -0.383 e. The number of hydrogen-bond donors (Lipinski definition) is 1. The molecule has 0 radical (unpaired) electrons. The first-order valence-electron chi connectivity index (χ1n) is 5.78. The van der Waals surface area contributed by atoms with E-state index < -0.39 is 0 Å². The van der Waals surface area contributed by atoms with E-state index in [4.69, 9.17) is 11.0 Å². The van der Waals surface area contributed by atoms with E-state index in [1.165, 1.54) is 0 Å². The third-order valence-corrected chi connectivity index (χ3v) is 2.74. The van der Waals surface area contributed by atoms with Crippen LogP contribution in [0.4, 0.5) is 5.82 Å². The van der Waals surface area contributed by atoms with Crippen LogP contribution in [-0.2, 0) is 6.42 Å². The molecule has 0 aliphatic carbocycles. The maximum absolute atomic E-state index is 9.10. The lowest BCUT2D eigenvalue weighted by atomic mass is 10.1. The minimum atomic E-state index is 0.244. The summed E-state index contributed by atoms with van der Waals surface area (Å²) >= 11 is 0. The number of nitrogen functional groups attached to an aromatic ring is 1. The van der Waals surface area contributed by atoms with Crippen LogP contribution in [0.15, 0.2) is 0 Å². The molecule has 1 atom stereocenters. The van der Waals surface area contributed by atoms with E-state index in [0.29, 0.717) is 17.3 Å². The Balaban J connectivity index is 3.16. The maximum Gasteiger partial charge on any atom is 0.140 e. The zero-order valence-corrected chi connectivity index (χ0v) is 10.5. The second kappa shape index (κ2) is 5.02. The summed E-state index contributed by atoms with van der Waals surface area (Å²) < 4.78 is 1.77. The van der Waals surface area contributed by atoms with Gasteiger partial charge in [-0.2, -0.15) is 10.4 Å². The third-order valence-electron chi connectivity index (χ3n) is 2.74. The molecular formula is C12H20N4. The Bertz CT molecular complexity index is 398. The maximum atomic E-state index is 9.10. The summed E-state index contributed by atoms with van der Waals surface area (Å²) in [5, 5.41) is 13.6. The molecule has 1 aromatic heterocycles. The number of hydrogen-bond acceptors (Lipinski definition) is 3. The number of aromatic nitrogens is 2. The van der Waals surface area contributed by atoms with Crippen molar-refractivity contribution in [2.24, 2.45) is 5.92 Å². The highest BCUT2D eigenvalue weighted by Crippen LogP contribution is 2.23. The van der Waals surface area contributed by atoms with Gasteiger partial charge in [-0.3, -0.25) is 0 Å². The predicted molar refractivity (Wildman–Crippen MR) is 64.9 cm³/mol. The van der Waals surface area contributed by atoms with Gasteiger partial charge in [-0.1, -0.05) is 20.8 Å². The largest absolute Gasteiger partial charge is 0.383 e. The SMILES string of the molecule is CC[C@@H](C)n1nc(CC(C)C)c(C#N)c1N. The first-order chi connectivity index (χ1) is 7.51. The number of nitrogens with two attached hydrogens (primary N) is 1. The molecule has 0 amide bonds. The summed E-state index contributed by atoms with van der Waals surface area (Å²) in [6.45, 7) is 8.36. The Morgan fingerprint density at radius 3 is 2.50 bits per heavy atom. The molecule has 0 fully saturated rings. The Kier molecular flexibility index (Phi) is 3.94. The fourth-order valence-corrected chi connectivity index (χ4v) is 1.66. The molecule has 4 heteroatoms. The van der Waals surface area contributed by atoms with Crippen molar-refractivity contribution in [2.75, 3.05) is 5.73 Å². The van der Waals surface area contributed by atoms with Gasteiger partial charge >= 0.3 is 0 Å². The Hall–Kier alpha value is -1.50. The molecule has 0 aliphatic heterocycles. The molecule has 16 heavy (non-hydrogen) atoms. The highest BCUT2D eigenvalue weighted by molar-refractivity contribution is 5.52. The van der Waals surface area contributed by atoms with Gasteiger partial charge in [0.25, 0.3) is 0 Å². The number of rotatable bonds is 4. The standard InChI is InChI=1S/C12H20N4/c1-5-9(4)16-12(14)10(7-13)11(15-16)6-8(2)3/h8-9H,5-6,14H2,1-4H3/t9-/m1/s1.